The number of aliphatic hydroxyl groups is 1. The molecule has 0 amide bonds. The molecular formula is C18H20F2I2O9S. The van der Waals surface area contributed by atoms with E-state index >= 15 is 0 Å². The summed E-state index contributed by atoms with van der Waals surface area (Å²) in [5, 5.41) is 15.7. The molecule has 0 aliphatic rings. The minimum Gasteiger partial charge on any atom is -0.478 e. The molecule has 0 aromatic heterocycles. The van der Waals surface area contributed by atoms with E-state index in [1.807, 2.05) is 22.6 Å². The third kappa shape index (κ3) is 13.2. The summed E-state index contributed by atoms with van der Waals surface area (Å²) in [5.41, 5.74) is 1.60. The van der Waals surface area contributed by atoms with Crippen LogP contribution in [0, 0.1) is 32.6 Å². The number of carbonyl (C=O) groups excluding carboxylic acids is 1. The first-order valence-electron chi connectivity index (χ1n) is 7.96. The molecule has 0 spiro atoms. The molecule has 0 radical (unpaired) electrons. The number of hydrogen-bond donors (Lipinski definition) is 4. The average molecular weight is 704 g/mol. The van der Waals surface area contributed by atoms with Gasteiger partial charge in [-0.15, -0.1) is 0 Å². The fourth-order valence-corrected chi connectivity index (χ4v) is 2.79. The van der Waals surface area contributed by atoms with Gasteiger partial charge in [0.25, 0.3) is 0 Å². The molecule has 0 bridgehead atoms. The van der Waals surface area contributed by atoms with Gasteiger partial charge in [-0.25, -0.2) is 18.4 Å². The van der Waals surface area contributed by atoms with E-state index in [0.29, 0.717) is 23.8 Å². The van der Waals surface area contributed by atoms with E-state index in [-0.39, 0.29) is 17.2 Å². The molecular weight excluding hydrogens is 684 g/mol. The van der Waals surface area contributed by atoms with E-state index in [0.717, 1.165) is 7.11 Å². The van der Waals surface area contributed by atoms with Crippen molar-refractivity contribution in [1.29, 1.82) is 0 Å². The van der Waals surface area contributed by atoms with E-state index < -0.39 is 22.3 Å². The fourth-order valence-electron chi connectivity index (χ4n) is 1.85. The minimum absolute atomic E-state index is 0.154. The summed E-state index contributed by atoms with van der Waals surface area (Å²) in [7, 11) is -2.36. The van der Waals surface area contributed by atoms with Crippen LogP contribution in [-0.4, -0.2) is 53.9 Å². The van der Waals surface area contributed by atoms with Gasteiger partial charge in [0, 0.05) is 14.3 Å². The quantitative estimate of drug-likeness (QED) is 0.207. The van der Waals surface area contributed by atoms with Gasteiger partial charge in [-0.2, -0.15) is 8.42 Å². The third-order valence-electron chi connectivity index (χ3n) is 3.17. The number of esters is 1. The highest BCUT2D eigenvalue weighted by molar-refractivity contribution is 14.1. The number of rotatable bonds is 2. The summed E-state index contributed by atoms with van der Waals surface area (Å²) in [6.07, 6.45) is 0. The smallest absolute Gasteiger partial charge is 0.394 e. The molecule has 32 heavy (non-hydrogen) atoms. The van der Waals surface area contributed by atoms with Gasteiger partial charge in [-0.3, -0.25) is 9.11 Å². The number of aliphatic hydroxyl groups excluding tert-OH is 1. The van der Waals surface area contributed by atoms with Gasteiger partial charge in [0.1, 0.15) is 11.6 Å². The maximum absolute atomic E-state index is 13.0. The molecule has 2 aromatic rings. The lowest BCUT2D eigenvalue weighted by Crippen LogP contribution is -2.05. The number of ether oxygens (including phenoxy) is 1. The molecule has 0 saturated heterocycles. The number of hydrogen-bond acceptors (Lipinski definition) is 6. The van der Waals surface area contributed by atoms with Crippen LogP contribution in [0.5, 0.6) is 0 Å². The van der Waals surface area contributed by atoms with Gasteiger partial charge < -0.3 is 14.9 Å². The molecule has 4 N–H and O–H groups in total. The van der Waals surface area contributed by atoms with Crippen molar-refractivity contribution in [3.63, 3.8) is 0 Å². The Labute approximate surface area is 210 Å². The van der Waals surface area contributed by atoms with Crippen LogP contribution in [0.3, 0.4) is 0 Å². The first-order valence-corrected chi connectivity index (χ1v) is 11.5. The second-order valence-corrected chi connectivity index (χ2v) is 8.63. The summed E-state index contributed by atoms with van der Waals surface area (Å²) in [6.45, 7) is 3.24. The summed E-state index contributed by atoms with van der Waals surface area (Å²) in [5.74, 6) is -2.15. The number of aryl methyl sites for hydroxylation is 2. The Hall–Kier alpha value is -1.47. The Balaban J connectivity index is 0. The molecule has 0 heterocycles. The van der Waals surface area contributed by atoms with Crippen molar-refractivity contribution >= 4 is 67.5 Å². The van der Waals surface area contributed by atoms with Crippen molar-refractivity contribution in [2.75, 3.05) is 14.2 Å². The van der Waals surface area contributed by atoms with E-state index in [9.17, 15) is 18.4 Å². The lowest BCUT2D eigenvalue weighted by Gasteiger charge is -2.04. The fraction of sp³-hybridized carbons (Fsp3) is 0.222. The first kappa shape index (κ1) is 32.7. The Morgan fingerprint density at radius 2 is 1.19 bits per heavy atom. The first-order chi connectivity index (χ1) is 14.6. The zero-order chi connectivity index (χ0) is 25.8. The lowest BCUT2D eigenvalue weighted by atomic mass is 10.1. The van der Waals surface area contributed by atoms with Crippen LogP contribution in [0.4, 0.5) is 8.78 Å². The van der Waals surface area contributed by atoms with Crippen molar-refractivity contribution in [1.82, 2.24) is 0 Å². The van der Waals surface area contributed by atoms with Crippen molar-refractivity contribution in [2.24, 2.45) is 0 Å². The van der Waals surface area contributed by atoms with Gasteiger partial charge in [-0.1, -0.05) is 0 Å². The normalized spacial score (nSPS) is 9.72. The average Bonchev–Trinajstić information content (AvgIpc) is 2.67. The lowest BCUT2D eigenvalue weighted by molar-refractivity contribution is 0.0598. The molecule has 9 nitrogen and oxygen atoms in total. The third-order valence-corrected chi connectivity index (χ3v) is 4.82. The van der Waals surface area contributed by atoms with Crippen LogP contribution in [0.15, 0.2) is 24.3 Å². The van der Waals surface area contributed by atoms with Gasteiger partial charge in [-0.05, 0) is 94.4 Å². The largest absolute Gasteiger partial charge is 0.478 e. The molecule has 0 fully saturated rings. The van der Waals surface area contributed by atoms with Gasteiger partial charge >= 0.3 is 22.3 Å². The number of halogens is 4. The predicted molar refractivity (Wildman–Crippen MR) is 128 cm³/mol. The number of carboxylic acid groups (broad SMARTS) is 1. The van der Waals surface area contributed by atoms with E-state index in [2.05, 4.69) is 4.74 Å². The summed E-state index contributed by atoms with van der Waals surface area (Å²) >= 11 is 3.60. The minimum atomic E-state index is -4.67. The second-order valence-electron chi connectivity index (χ2n) is 5.41. The summed E-state index contributed by atoms with van der Waals surface area (Å²) < 4.78 is 62.7. The molecule has 0 saturated carbocycles. The topological polar surface area (TPSA) is 158 Å². The molecule has 0 aliphatic heterocycles. The van der Waals surface area contributed by atoms with E-state index in [4.69, 9.17) is 27.7 Å². The van der Waals surface area contributed by atoms with Crippen LogP contribution in [0.1, 0.15) is 31.8 Å². The van der Waals surface area contributed by atoms with E-state index in [1.165, 1.54) is 31.4 Å². The Kier molecular flexibility index (Phi) is 15.7. The molecule has 0 atom stereocenters. The molecule has 0 aliphatic carbocycles. The molecule has 2 rings (SSSR count). The number of carbonyl (C=O) groups is 2. The SMILES string of the molecule is CO.COC(=O)c1cc(I)c(F)cc1C.Cc1cc(F)c(I)cc1C(=O)O.O=S(=O)(O)O. The molecule has 180 valence electrons. The van der Waals surface area contributed by atoms with Crippen LogP contribution in [0.25, 0.3) is 0 Å². The standard InChI is InChI=1S/C9H8FIO2.C8H6FIO2.CH4O.H2O4S/c1-5-3-7(10)8(11)4-6(5)9(12)13-2;1-4-2-6(9)7(10)3-5(4)8(11)12;1-2;1-5(2,3)4/h3-4H,1-2H3;2-3H,1H3,(H,11,12);2H,1H3;(H2,1,2,3,4). The van der Waals surface area contributed by atoms with E-state index in [1.54, 1.807) is 36.4 Å². The Morgan fingerprint density at radius 3 is 1.50 bits per heavy atom. The maximum Gasteiger partial charge on any atom is 0.394 e. The molecule has 0 unspecified atom stereocenters. The highest BCUT2D eigenvalue weighted by Gasteiger charge is 2.12. The predicted octanol–water partition coefficient (Wildman–Crippen LogP) is 3.92. The summed E-state index contributed by atoms with van der Waals surface area (Å²) in [6, 6.07) is 5.36. The Bertz CT molecular complexity index is 1040. The van der Waals surface area contributed by atoms with Crippen LogP contribution in [-0.2, 0) is 15.1 Å². The van der Waals surface area contributed by atoms with Crippen molar-refractivity contribution in [3.05, 3.63) is 65.3 Å². The van der Waals surface area contributed by atoms with Gasteiger partial charge in [0.15, 0.2) is 0 Å². The number of aromatic carboxylic acids is 1. The number of methoxy groups -OCH3 is 1. The number of benzene rings is 2. The molecule has 2 aromatic carbocycles. The monoisotopic (exact) mass is 704 g/mol. The van der Waals surface area contributed by atoms with Crippen molar-refractivity contribution in [3.8, 4) is 0 Å². The van der Waals surface area contributed by atoms with Gasteiger partial charge in [0.2, 0.25) is 0 Å². The molecule has 14 heteroatoms. The van der Waals surface area contributed by atoms with Gasteiger partial charge in [0.05, 0.1) is 18.2 Å². The zero-order valence-electron chi connectivity index (χ0n) is 17.1. The van der Waals surface area contributed by atoms with Crippen LogP contribution >= 0.6 is 45.2 Å². The second kappa shape index (κ2) is 15.4. The highest BCUT2D eigenvalue weighted by Crippen LogP contribution is 2.18. The highest BCUT2D eigenvalue weighted by atomic mass is 127. The summed E-state index contributed by atoms with van der Waals surface area (Å²) in [4.78, 5) is 21.7. The van der Waals surface area contributed by atoms with Crippen molar-refractivity contribution in [2.45, 2.75) is 13.8 Å². The zero-order valence-corrected chi connectivity index (χ0v) is 22.2. The Morgan fingerprint density at radius 1 is 0.875 bits per heavy atom. The number of carboxylic acids is 1. The van der Waals surface area contributed by atoms with Crippen molar-refractivity contribution < 1.29 is 50.8 Å². The maximum atomic E-state index is 13.0. The van der Waals surface area contributed by atoms with Crippen LogP contribution < -0.4 is 0 Å². The van der Waals surface area contributed by atoms with Crippen LogP contribution in [0.2, 0.25) is 0 Å².